The second-order valence-corrected chi connectivity index (χ2v) is 5.93. The van der Waals surface area contributed by atoms with Gasteiger partial charge in [0.05, 0.1) is 11.0 Å². The third-order valence-corrected chi connectivity index (χ3v) is 4.34. The molecule has 0 aliphatic rings. The Hall–Kier alpha value is -1.39. The fraction of sp³-hybridized carbons (Fsp3) is 0.533. The Labute approximate surface area is 115 Å². The zero-order valence-electron chi connectivity index (χ0n) is 12.5. The molecule has 4 nitrogen and oxygen atoms in total. The molecule has 1 unspecified atom stereocenters. The number of likely N-dealkylation sites (N-methyl/N-ethyl adjacent to an activating group) is 1. The first-order chi connectivity index (χ1) is 8.84. The van der Waals surface area contributed by atoms with E-state index < -0.39 is 0 Å². The van der Waals surface area contributed by atoms with Gasteiger partial charge in [0.1, 0.15) is 5.82 Å². The summed E-state index contributed by atoms with van der Waals surface area (Å²) in [6.07, 6.45) is 0.774. The summed E-state index contributed by atoms with van der Waals surface area (Å²) < 4.78 is 2.14. The van der Waals surface area contributed by atoms with Gasteiger partial charge in [-0.2, -0.15) is 0 Å². The van der Waals surface area contributed by atoms with Gasteiger partial charge in [-0.1, -0.05) is 12.1 Å². The van der Waals surface area contributed by atoms with Crippen molar-refractivity contribution < 1.29 is 0 Å². The number of rotatable bonds is 4. The topological polar surface area (TPSA) is 47.1 Å². The number of imidazole rings is 1. The van der Waals surface area contributed by atoms with E-state index in [4.69, 9.17) is 5.73 Å². The first-order valence-corrected chi connectivity index (χ1v) is 6.67. The summed E-state index contributed by atoms with van der Waals surface area (Å²) in [6.45, 7) is 4.33. The van der Waals surface area contributed by atoms with E-state index in [0.717, 1.165) is 23.3 Å². The molecule has 1 heterocycles. The first kappa shape index (κ1) is 14.0. The molecule has 19 heavy (non-hydrogen) atoms. The van der Waals surface area contributed by atoms with E-state index in [-0.39, 0.29) is 11.6 Å². The SMILES string of the molecule is CN(C)C(C)(C)C(N)Cc1nc2ccccc2n1C. The van der Waals surface area contributed by atoms with Crippen molar-refractivity contribution in [2.24, 2.45) is 12.8 Å². The summed E-state index contributed by atoms with van der Waals surface area (Å²) in [5.74, 6) is 1.05. The maximum Gasteiger partial charge on any atom is 0.111 e. The Balaban J connectivity index is 2.29. The quantitative estimate of drug-likeness (QED) is 0.911. The minimum Gasteiger partial charge on any atom is -0.331 e. The minimum absolute atomic E-state index is 0.0398. The van der Waals surface area contributed by atoms with Gasteiger partial charge in [0, 0.05) is 25.0 Å². The molecule has 2 N–H and O–H groups in total. The molecular weight excluding hydrogens is 236 g/mol. The van der Waals surface area contributed by atoms with Crippen LogP contribution in [0.1, 0.15) is 19.7 Å². The number of aryl methyl sites for hydroxylation is 1. The smallest absolute Gasteiger partial charge is 0.111 e. The van der Waals surface area contributed by atoms with Crippen molar-refractivity contribution in [3.63, 3.8) is 0 Å². The van der Waals surface area contributed by atoms with Crippen LogP contribution in [0.5, 0.6) is 0 Å². The lowest BCUT2D eigenvalue weighted by Gasteiger charge is -2.38. The highest BCUT2D eigenvalue weighted by molar-refractivity contribution is 5.75. The number of fused-ring (bicyclic) bond motifs is 1. The van der Waals surface area contributed by atoms with Crippen molar-refractivity contribution in [3.8, 4) is 0 Å². The van der Waals surface area contributed by atoms with Crippen LogP contribution in [0.4, 0.5) is 0 Å². The van der Waals surface area contributed by atoms with Gasteiger partial charge in [0.15, 0.2) is 0 Å². The molecule has 2 rings (SSSR count). The Bertz CT molecular complexity index is 569. The lowest BCUT2D eigenvalue weighted by Crippen LogP contribution is -2.54. The Kier molecular flexibility index (Phi) is 3.65. The fourth-order valence-corrected chi connectivity index (χ4v) is 2.16. The maximum atomic E-state index is 6.38. The molecule has 4 heteroatoms. The monoisotopic (exact) mass is 260 g/mol. The van der Waals surface area contributed by atoms with Crippen molar-refractivity contribution in [1.82, 2.24) is 14.5 Å². The van der Waals surface area contributed by atoms with Crippen molar-refractivity contribution in [1.29, 1.82) is 0 Å². The summed E-state index contributed by atoms with van der Waals surface area (Å²) in [7, 11) is 6.18. The van der Waals surface area contributed by atoms with Gasteiger partial charge in [-0.3, -0.25) is 0 Å². The van der Waals surface area contributed by atoms with Crippen LogP contribution in [0.3, 0.4) is 0 Å². The fourth-order valence-electron chi connectivity index (χ4n) is 2.16. The molecule has 0 amide bonds. The molecular formula is C15H24N4. The second kappa shape index (κ2) is 4.94. The lowest BCUT2D eigenvalue weighted by molar-refractivity contribution is 0.156. The van der Waals surface area contributed by atoms with Crippen molar-refractivity contribution in [3.05, 3.63) is 30.1 Å². The van der Waals surface area contributed by atoms with Gasteiger partial charge in [-0.25, -0.2) is 4.98 Å². The number of benzene rings is 1. The van der Waals surface area contributed by atoms with E-state index >= 15 is 0 Å². The summed E-state index contributed by atoms with van der Waals surface area (Å²) in [6, 6.07) is 8.23. The standard InChI is InChI=1S/C15H24N4/c1-15(2,18(3)4)13(16)10-14-17-11-8-6-7-9-12(11)19(14)5/h6-9,13H,10,16H2,1-5H3. The molecule has 1 aromatic carbocycles. The van der Waals surface area contributed by atoms with Crippen LogP contribution >= 0.6 is 0 Å². The molecule has 0 saturated carbocycles. The Morgan fingerprint density at radius 2 is 1.95 bits per heavy atom. The van der Waals surface area contributed by atoms with E-state index in [1.165, 1.54) is 0 Å². The summed E-state index contributed by atoms with van der Waals surface area (Å²) in [5.41, 5.74) is 8.52. The summed E-state index contributed by atoms with van der Waals surface area (Å²) in [5, 5.41) is 0. The Morgan fingerprint density at radius 1 is 1.32 bits per heavy atom. The summed E-state index contributed by atoms with van der Waals surface area (Å²) in [4.78, 5) is 6.86. The van der Waals surface area contributed by atoms with Crippen LogP contribution in [0.15, 0.2) is 24.3 Å². The van der Waals surface area contributed by atoms with Crippen molar-refractivity contribution in [2.45, 2.75) is 31.8 Å². The Morgan fingerprint density at radius 3 is 2.53 bits per heavy atom. The van der Waals surface area contributed by atoms with E-state index in [1.807, 2.05) is 18.2 Å². The average molecular weight is 260 g/mol. The number of aromatic nitrogens is 2. The minimum atomic E-state index is -0.0574. The normalized spacial score (nSPS) is 14.3. The van der Waals surface area contributed by atoms with E-state index in [2.05, 4.69) is 55.5 Å². The van der Waals surface area contributed by atoms with Gasteiger partial charge in [0.25, 0.3) is 0 Å². The van der Waals surface area contributed by atoms with E-state index in [0.29, 0.717) is 0 Å². The molecule has 0 fully saturated rings. The van der Waals surface area contributed by atoms with Crippen LogP contribution < -0.4 is 5.73 Å². The molecule has 0 aliphatic heterocycles. The number of hydrogen-bond acceptors (Lipinski definition) is 3. The molecule has 0 radical (unpaired) electrons. The highest BCUT2D eigenvalue weighted by Crippen LogP contribution is 2.20. The maximum absolute atomic E-state index is 6.38. The lowest BCUT2D eigenvalue weighted by atomic mass is 9.91. The zero-order chi connectivity index (χ0) is 14.2. The number of nitrogens with zero attached hydrogens (tertiary/aromatic N) is 3. The highest BCUT2D eigenvalue weighted by Gasteiger charge is 2.29. The highest BCUT2D eigenvalue weighted by atomic mass is 15.2. The number of para-hydroxylation sites is 2. The third-order valence-electron chi connectivity index (χ3n) is 4.34. The van der Waals surface area contributed by atoms with Gasteiger partial charge in [-0.15, -0.1) is 0 Å². The number of nitrogens with two attached hydrogens (primary N) is 1. The van der Waals surface area contributed by atoms with Crippen molar-refractivity contribution >= 4 is 11.0 Å². The first-order valence-electron chi connectivity index (χ1n) is 6.67. The van der Waals surface area contributed by atoms with Gasteiger partial charge in [-0.05, 0) is 40.1 Å². The van der Waals surface area contributed by atoms with Crippen LogP contribution in [-0.2, 0) is 13.5 Å². The van der Waals surface area contributed by atoms with Crippen LogP contribution in [0, 0.1) is 0 Å². The molecule has 2 aromatic rings. The molecule has 0 spiro atoms. The van der Waals surface area contributed by atoms with Crippen molar-refractivity contribution in [2.75, 3.05) is 14.1 Å². The average Bonchev–Trinajstić information content (AvgIpc) is 2.67. The largest absolute Gasteiger partial charge is 0.331 e. The molecule has 1 atom stereocenters. The van der Waals surface area contributed by atoms with Gasteiger partial charge in [0.2, 0.25) is 0 Å². The molecule has 0 bridgehead atoms. The third kappa shape index (κ3) is 2.51. The molecule has 1 aromatic heterocycles. The summed E-state index contributed by atoms with van der Waals surface area (Å²) >= 11 is 0. The molecule has 104 valence electrons. The zero-order valence-corrected chi connectivity index (χ0v) is 12.5. The van der Waals surface area contributed by atoms with E-state index in [9.17, 15) is 0 Å². The van der Waals surface area contributed by atoms with E-state index in [1.54, 1.807) is 0 Å². The van der Waals surface area contributed by atoms with Gasteiger partial charge >= 0.3 is 0 Å². The van der Waals surface area contributed by atoms with Crippen LogP contribution in [0.2, 0.25) is 0 Å². The second-order valence-electron chi connectivity index (χ2n) is 5.93. The molecule has 0 saturated heterocycles. The number of hydrogen-bond donors (Lipinski definition) is 1. The van der Waals surface area contributed by atoms with Gasteiger partial charge < -0.3 is 15.2 Å². The molecule has 0 aliphatic carbocycles. The van der Waals surface area contributed by atoms with Crippen LogP contribution in [-0.4, -0.2) is 40.1 Å². The predicted octanol–water partition coefficient (Wildman–Crippen LogP) is 1.78. The van der Waals surface area contributed by atoms with Crippen LogP contribution in [0.25, 0.3) is 11.0 Å². The predicted molar refractivity (Wildman–Crippen MR) is 80.2 cm³/mol.